The number of hydrogen-bond donors (Lipinski definition) is 0. The van der Waals surface area contributed by atoms with Gasteiger partial charge < -0.3 is 8.84 Å². The van der Waals surface area contributed by atoms with Crippen molar-refractivity contribution in [2.75, 3.05) is 6.61 Å². The Morgan fingerprint density at radius 1 is 0.854 bits per heavy atom. The van der Waals surface area contributed by atoms with Gasteiger partial charge in [0.2, 0.25) is 5.89 Å². The third-order valence-corrected chi connectivity index (χ3v) is 14.1. The molecule has 5 rings (SSSR count). The molecule has 0 N–H and O–H groups in total. The number of halogens is 1. The number of benzene rings is 2. The van der Waals surface area contributed by atoms with Crippen LogP contribution in [0, 0.1) is 5.82 Å². The van der Waals surface area contributed by atoms with Crippen molar-refractivity contribution in [1.82, 2.24) is 24.7 Å². The molecule has 0 bridgehead atoms. The monoisotopic (exact) mass is 571 g/mol. The summed E-state index contributed by atoms with van der Waals surface area (Å²) in [5.74, 6) is 0.178. The van der Waals surface area contributed by atoms with Crippen LogP contribution in [0.15, 0.2) is 71.5 Å². The average molecular weight is 572 g/mol. The third kappa shape index (κ3) is 5.74. The zero-order valence-electron chi connectivity index (χ0n) is 24.6. The van der Waals surface area contributed by atoms with E-state index in [-0.39, 0.29) is 5.82 Å². The first-order valence-electron chi connectivity index (χ1n) is 14.3. The van der Waals surface area contributed by atoms with Gasteiger partial charge in [-0.05, 0) is 59.4 Å². The maximum absolute atomic E-state index is 13.8. The smallest absolute Gasteiger partial charge is 0.251 e. The third-order valence-electron chi connectivity index (χ3n) is 7.94. The van der Waals surface area contributed by atoms with E-state index in [0.717, 1.165) is 23.1 Å². The predicted molar refractivity (Wildman–Crippen MR) is 163 cm³/mol. The minimum Gasteiger partial charge on any atom is -0.418 e. The summed E-state index contributed by atoms with van der Waals surface area (Å²) in [6.07, 6.45) is 4.28. The van der Waals surface area contributed by atoms with Crippen molar-refractivity contribution in [1.29, 1.82) is 0 Å². The first-order chi connectivity index (χ1) is 19.7. The molecule has 0 aliphatic heterocycles. The molecule has 9 heteroatoms. The zero-order valence-corrected chi connectivity index (χ0v) is 25.6. The highest BCUT2D eigenvalue weighted by Crippen LogP contribution is 2.42. The van der Waals surface area contributed by atoms with Crippen molar-refractivity contribution in [2.24, 2.45) is 0 Å². The maximum atomic E-state index is 13.8. The largest absolute Gasteiger partial charge is 0.418 e. The van der Waals surface area contributed by atoms with E-state index in [1.54, 1.807) is 12.1 Å². The van der Waals surface area contributed by atoms with E-state index < -0.39 is 8.32 Å². The molecule has 214 valence electrons. The SMILES string of the molecule is CC(C)[Si](OCCCn1cc(-c2ncnc3oc(-c4ccccc4)nc23)c(-c2ccc(F)cc2)n1)(C(C)C)C(C)C. The zero-order chi connectivity index (χ0) is 29.1. The van der Waals surface area contributed by atoms with Gasteiger partial charge in [-0.25, -0.2) is 14.4 Å². The first-order valence-corrected chi connectivity index (χ1v) is 16.5. The standard InChI is InChI=1S/C32H38FN5O2Si/c1-21(2)41(22(3)4,23(5)6)39-18-10-17-38-19-27(28(37-38)24-13-15-26(33)16-14-24)29-30-32(35-20-34-29)40-31(36-30)25-11-8-7-9-12-25/h7-9,11-16,19-23H,10,17-18H2,1-6H3. The summed E-state index contributed by atoms with van der Waals surface area (Å²) in [6.45, 7) is 15.2. The second-order valence-electron chi connectivity index (χ2n) is 11.4. The molecule has 41 heavy (non-hydrogen) atoms. The topological polar surface area (TPSA) is 78.9 Å². The van der Waals surface area contributed by atoms with Gasteiger partial charge in [-0.2, -0.15) is 10.1 Å². The lowest BCUT2D eigenvalue weighted by atomic mass is 10.1. The summed E-state index contributed by atoms with van der Waals surface area (Å²) in [4.78, 5) is 13.7. The number of nitrogens with zero attached hydrogens (tertiary/aromatic N) is 5. The van der Waals surface area contributed by atoms with Crippen LogP contribution in [0.4, 0.5) is 4.39 Å². The van der Waals surface area contributed by atoms with Gasteiger partial charge in [0.25, 0.3) is 5.71 Å². The van der Waals surface area contributed by atoms with E-state index in [2.05, 4.69) is 51.5 Å². The van der Waals surface area contributed by atoms with Crippen LogP contribution in [0.5, 0.6) is 0 Å². The molecule has 7 nitrogen and oxygen atoms in total. The van der Waals surface area contributed by atoms with E-state index in [4.69, 9.17) is 18.9 Å². The molecule has 0 aliphatic rings. The Morgan fingerprint density at radius 2 is 1.54 bits per heavy atom. The fourth-order valence-electron chi connectivity index (χ4n) is 6.16. The molecule has 0 spiro atoms. The molecule has 3 heterocycles. The lowest BCUT2D eigenvalue weighted by Gasteiger charge is -2.42. The normalized spacial score (nSPS) is 12.3. The maximum Gasteiger partial charge on any atom is 0.251 e. The molecule has 0 radical (unpaired) electrons. The Bertz CT molecular complexity index is 1570. The van der Waals surface area contributed by atoms with Crippen molar-refractivity contribution in [3.8, 4) is 34.0 Å². The number of hydrogen-bond acceptors (Lipinski definition) is 6. The number of oxazole rings is 1. The molecule has 0 unspecified atom stereocenters. The number of aryl methyl sites for hydroxylation is 1. The molecule has 3 aromatic heterocycles. The quantitative estimate of drug-likeness (QED) is 0.117. The molecule has 0 fully saturated rings. The van der Waals surface area contributed by atoms with Gasteiger partial charge in [0.05, 0.1) is 0 Å². The van der Waals surface area contributed by atoms with Crippen molar-refractivity contribution >= 4 is 19.5 Å². The van der Waals surface area contributed by atoms with Crippen LogP contribution in [-0.2, 0) is 11.0 Å². The van der Waals surface area contributed by atoms with Gasteiger partial charge in [0, 0.05) is 36.0 Å². The van der Waals surface area contributed by atoms with Gasteiger partial charge in [0.1, 0.15) is 23.5 Å². The lowest BCUT2D eigenvalue weighted by molar-refractivity contribution is 0.263. The molecular weight excluding hydrogens is 533 g/mol. The summed E-state index contributed by atoms with van der Waals surface area (Å²) < 4.78 is 28.5. The molecule has 5 aromatic rings. The highest BCUT2D eigenvalue weighted by Gasteiger charge is 2.44. The Kier molecular flexibility index (Phi) is 8.47. The summed E-state index contributed by atoms with van der Waals surface area (Å²) >= 11 is 0. The van der Waals surface area contributed by atoms with Gasteiger partial charge in [-0.15, -0.1) is 0 Å². The summed E-state index contributed by atoms with van der Waals surface area (Å²) in [6, 6.07) is 16.1. The second kappa shape index (κ2) is 12.0. The minimum atomic E-state index is -1.94. The molecule has 0 saturated heterocycles. The van der Waals surface area contributed by atoms with Crippen LogP contribution in [0.2, 0.25) is 16.6 Å². The molecule has 0 atom stereocenters. The molecule has 2 aromatic carbocycles. The number of rotatable bonds is 11. The minimum absolute atomic E-state index is 0.298. The van der Waals surface area contributed by atoms with Crippen LogP contribution in [0.3, 0.4) is 0 Å². The summed E-state index contributed by atoms with van der Waals surface area (Å²) in [7, 11) is -1.94. The van der Waals surface area contributed by atoms with Crippen molar-refractivity contribution in [3.05, 3.63) is 72.9 Å². The van der Waals surface area contributed by atoms with Crippen molar-refractivity contribution in [3.63, 3.8) is 0 Å². The van der Waals surface area contributed by atoms with Gasteiger partial charge in [-0.1, -0.05) is 59.7 Å². The average Bonchev–Trinajstić information content (AvgIpc) is 3.58. The van der Waals surface area contributed by atoms with E-state index in [0.29, 0.717) is 58.3 Å². The Hall–Kier alpha value is -3.69. The van der Waals surface area contributed by atoms with Crippen LogP contribution < -0.4 is 0 Å². The van der Waals surface area contributed by atoms with Crippen LogP contribution in [0.25, 0.3) is 45.2 Å². The molecule has 0 saturated carbocycles. The highest BCUT2D eigenvalue weighted by molar-refractivity contribution is 6.77. The van der Waals surface area contributed by atoms with Gasteiger partial charge in [0.15, 0.2) is 13.8 Å². The predicted octanol–water partition coefficient (Wildman–Crippen LogP) is 8.54. The fraction of sp³-hybridized carbons (Fsp3) is 0.375. The second-order valence-corrected chi connectivity index (χ2v) is 16.9. The summed E-state index contributed by atoms with van der Waals surface area (Å²) in [5.41, 5.74) is 6.31. The van der Waals surface area contributed by atoms with E-state index in [9.17, 15) is 4.39 Å². The number of fused-ring (bicyclic) bond motifs is 1. The van der Waals surface area contributed by atoms with Crippen LogP contribution >= 0.6 is 0 Å². The van der Waals surface area contributed by atoms with Gasteiger partial charge >= 0.3 is 0 Å². The van der Waals surface area contributed by atoms with Gasteiger partial charge in [-0.3, -0.25) is 4.68 Å². The lowest BCUT2D eigenvalue weighted by Crippen LogP contribution is -2.48. The number of aromatic nitrogens is 5. The molecule has 0 aliphatic carbocycles. The van der Waals surface area contributed by atoms with E-state index in [1.165, 1.54) is 18.5 Å². The Morgan fingerprint density at radius 3 is 2.20 bits per heavy atom. The fourth-order valence-corrected chi connectivity index (χ4v) is 11.7. The highest BCUT2D eigenvalue weighted by atomic mass is 28.4. The Balaban J connectivity index is 1.47. The molecule has 0 amide bonds. The van der Waals surface area contributed by atoms with E-state index >= 15 is 0 Å². The van der Waals surface area contributed by atoms with E-state index in [1.807, 2.05) is 41.2 Å². The van der Waals surface area contributed by atoms with Crippen LogP contribution in [-0.4, -0.2) is 39.7 Å². The van der Waals surface area contributed by atoms with Crippen molar-refractivity contribution < 1.29 is 13.2 Å². The Labute approximate surface area is 242 Å². The summed E-state index contributed by atoms with van der Waals surface area (Å²) in [5, 5.41) is 4.93. The first kappa shape index (κ1) is 28.8. The molecular formula is C32H38FN5O2Si. The van der Waals surface area contributed by atoms with Crippen molar-refractivity contribution in [2.45, 2.75) is 71.1 Å². The van der Waals surface area contributed by atoms with Crippen LogP contribution in [0.1, 0.15) is 48.0 Å².